The lowest BCUT2D eigenvalue weighted by atomic mass is 9.77. The molecule has 3 atom stereocenters. The summed E-state index contributed by atoms with van der Waals surface area (Å²) in [4.78, 5) is 0. The summed E-state index contributed by atoms with van der Waals surface area (Å²) in [5.41, 5.74) is 7.67. The van der Waals surface area contributed by atoms with E-state index in [-0.39, 0.29) is 5.54 Å². The first kappa shape index (κ1) is 9.82. The fourth-order valence-corrected chi connectivity index (χ4v) is 3.28. The van der Waals surface area contributed by atoms with Gasteiger partial charge in [0, 0.05) is 16.6 Å². The van der Waals surface area contributed by atoms with Gasteiger partial charge in [0.1, 0.15) is 0 Å². The zero-order valence-electron chi connectivity index (χ0n) is 8.54. The molecular formula is C12H15BrN2. The van der Waals surface area contributed by atoms with Gasteiger partial charge in [-0.05, 0) is 37.0 Å². The van der Waals surface area contributed by atoms with Crippen molar-refractivity contribution in [2.75, 3.05) is 0 Å². The number of fused-ring (bicyclic) bond motifs is 2. The second kappa shape index (κ2) is 3.30. The van der Waals surface area contributed by atoms with Gasteiger partial charge < -0.3 is 11.1 Å². The Morgan fingerprint density at radius 2 is 2.00 bits per heavy atom. The highest BCUT2D eigenvalue weighted by molar-refractivity contribution is 9.10. The Hall–Kier alpha value is -0.380. The summed E-state index contributed by atoms with van der Waals surface area (Å²) in [6.45, 7) is 0. The van der Waals surface area contributed by atoms with E-state index >= 15 is 0 Å². The maximum atomic E-state index is 6.54. The summed E-state index contributed by atoms with van der Waals surface area (Å²) in [5.74, 6) is 0. The Bertz CT molecular complexity index is 376. The normalized spacial score (nSPS) is 38.5. The fourth-order valence-electron chi connectivity index (χ4n) is 3.02. The number of halogens is 1. The molecule has 0 amide bonds. The van der Waals surface area contributed by atoms with Crippen LogP contribution in [0.4, 0.5) is 0 Å². The fraction of sp³-hybridized carbons (Fsp3) is 0.500. The number of nitrogens with one attached hydrogen (secondary N) is 1. The maximum absolute atomic E-state index is 6.54. The number of benzene rings is 1. The van der Waals surface area contributed by atoms with Crippen LogP contribution >= 0.6 is 15.9 Å². The van der Waals surface area contributed by atoms with Gasteiger partial charge in [-0.15, -0.1) is 0 Å². The van der Waals surface area contributed by atoms with Crippen molar-refractivity contribution in [3.05, 3.63) is 34.3 Å². The Kier molecular flexibility index (Phi) is 2.16. The molecule has 0 aromatic heterocycles. The molecule has 2 aliphatic rings. The van der Waals surface area contributed by atoms with E-state index in [1.165, 1.54) is 18.4 Å². The van der Waals surface area contributed by atoms with Crippen LogP contribution in [0.2, 0.25) is 0 Å². The first-order valence-electron chi connectivity index (χ1n) is 5.49. The third-order valence-corrected chi connectivity index (χ3v) is 4.36. The van der Waals surface area contributed by atoms with E-state index in [4.69, 9.17) is 5.73 Å². The van der Waals surface area contributed by atoms with Gasteiger partial charge in [0.05, 0.1) is 5.54 Å². The molecule has 2 aliphatic heterocycles. The van der Waals surface area contributed by atoms with Gasteiger partial charge in [0.15, 0.2) is 0 Å². The molecule has 0 aliphatic carbocycles. The molecule has 0 spiro atoms. The second-order valence-corrected chi connectivity index (χ2v) is 5.66. The van der Waals surface area contributed by atoms with E-state index in [0.29, 0.717) is 12.1 Å². The Balaban J connectivity index is 1.96. The topological polar surface area (TPSA) is 38.0 Å². The van der Waals surface area contributed by atoms with Crippen molar-refractivity contribution >= 4 is 15.9 Å². The van der Waals surface area contributed by atoms with Gasteiger partial charge in [0.2, 0.25) is 0 Å². The smallest absolute Gasteiger partial charge is 0.0580 e. The van der Waals surface area contributed by atoms with Crippen LogP contribution in [0.1, 0.15) is 24.8 Å². The first-order chi connectivity index (χ1) is 7.18. The molecule has 2 fully saturated rings. The van der Waals surface area contributed by atoms with Crippen LogP contribution in [-0.2, 0) is 5.54 Å². The number of nitrogens with two attached hydrogens (primary N) is 1. The van der Waals surface area contributed by atoms with Crippen LogP contribution in [-0.4, -0.2) is 12.1 Å². The predicted molar refractivity (Wildman–Crippen MR) is 64.6 cm³/mol. The molecule has 2 bridgehead atoms. The van der Waals surface area contributed by atoms with E-state index in [1.807, 2.05) is 0 Å². The molecule has 2 nitrogen and oxygen atoms in total. The average Bonchev–Trinajstić information content (AvgIpc) is 2.78. The molecule has 2 saturated heterocycles. The standard InChI is InChI=1S/C12H15BrN2/c13-9-3-1-8(2-4-9)12(14)7-10-5-6-11(12)15-10/h1-4,10-11,15H,5-7,14H2. The zero-order chi connectivity index (χ0) is 10.5. The monoisotopic (exact) mass is 266 g/mol. The largest absolute Gasteiger partial charge is 0.320 e. The molecule has 2 heterocycles. The molecule has 80 valence electrons. The lowest BCUT2D eigenvalue weighted by Crippen LogP contribution is -2.47. The van der Waals surface area contributed by atoms with Crippen LogP contribution in [0.5, 0.6) is 0 Å². The molecular weight excluding hydrogens is 252 g/mol. The van der Waals surface area contributed by atoms with Crippen molar-refractivity contribution < 1.29 is 0 Å². The van der Waals surface area contributed by atoms with Crippen LogP contribution in [0.15, 0.2) is 28.7 Å². The van der Waals surface area contributed by atoms with Crippen molar-refractivity contribution in [3.63, 3.8) is 0 Å². The van der Waals surface area contributed by atoms with Crippen LogP contribution < -0.4 is 11.1 Å². The van der Waals surface area contributed by atoms with Crippen molar-refractivity contribution in [1.82, 2.24) is 5.32 Å². The summed E-state index contributed by atoms with van der Waals surface area (Å²) >= 11 is 3.46. The average molecular weight is 267 g/mol. The maximum Gasteiger partial charge on any atom is 0.0580 e. The Morgan fingerprint density at radius 3 is 2.53 bits per heavy atom. The van der Waals surface area contributed by atoms with Crippen molar-refractivity contribution in [2.45, 2.75) is 36.9 Å². The van der Waals surface area contributed by atoms with E-state index in [0.717, 1.165) is 10.9 Å². The molecule has 3 unspecified atom stereocenters. The molecule has 3 rings (SSSR count). The number of rotatable bonds is 1. The lowest BCUT2D eigenvalue weighted by Gasteiger charge is -2.33. The Labute approximate surface area is 98.4 Å². The predicted octanol–water partition coefficient (Wildman–Crippen LogP) is 2.13. The summed E-state index contributed by atoms with van der Waals surface area (Å²) in [7, 11) is 0. The van der Waals surface area contributed by atoms with E-state index in [9.17, 15) is 0 Å². The number of hydrogen-bond acceptors (Lipinski definition) is 2. The van der Waals surface area contributed by atoms with Crippen molar-refractivity contribution in [2.24, 2.45) is 5.73 Å². The minimum Gasteiger partial charge on any atom is -0.320 e. The highest BCUT2D eigenvalue weighted by Gasteiger charge is 2.49. The third kappa shape index (κ3) is 1.45. The van der Waals surface area contributed by atoms with E-state index in [1.54, 1.807) is 0 Å². The molecule has 15 heavy (non-hydrogen) atoms. The van der Waals surface area contributed by atoms with Gasteiger partial charge in [0.25, 0.3) is 0 Å². The summed E-state index contributed by atoms with van der Waals surface area (Å²) in [6, 6.07) is 9.57. The molecule has 0 radical (unpaired) electrons. The molecule has 3 N–H and O–H groups in total. The SMILES string of the molecule is NC1(c2ccc(Br)cc2)CC2CCC1N2. The van der Waals surface area contributed by atoms with Crippen molar-refractivity contribution in [3.8, 4) is 0 Å². The Morgan fingerprint density at radius 1 is 1.27 bits per heavy atom. The molecule has 0 saturated carbocycles. The summed E-state index contributed by atoms with van der Waals surface area (Å²) in [5, 5.41) is 3.59. The first-order valence-corrected chi connectivity index (χ1v) is 6.29. The molecule has 1 aromatic carbocycles. The van der Waals surface area contributed by atoms with E-state index in [2.05, 4.69) is 45.5 Å². The quantitative estimate of drug-likeness (QED) is 0.818. The third-order valence-electron chi connectivity index (χ3n) is 3.83. The van der Waals surface area contributed by atoms with Crippen LogP contribution in [0, 0.1) is 0 Å². The minimum absolute atomic E-state index is 0.135. The highest BCUT2D eigenvalue weighted by atomic mass is 79.9. The molecule has 3 heteroatoms. The summed E-state index contributed by atoms with van der Waals surface area (Å²) < 4.78 is 1.12. The number of hydrogen-bond donors (Lipinski definition) is 2. The van der Waals surface area contributed by atoms with E-state index < -0.39 is 0 Å². The van der Waals surface area contributed by atoms with Gasteiger partial charge in [-0.25, -0.2) is 0 Å². The minimum atomic E-state index is -0.135. The van der Waals surface area contributed by atoms with Crippen molar-refractivity contribution in [1.29, 1.82) is 0 Å². The van der Waals surface area contributed by atoms with Crippen LogP contribution in [0.25, 0.3) is 0 Å². The lowest BCUT2D eigenvalue weighted by molar-refractivity contribution is 0.343. The molecule has 1 aromatic rings. The highest BCUT2D eigenvalue weighted by Crippen LogP contribution is 2.41. The second-order valence-electron chi connectivity index (χ2n) is 4.74. The van der Waals surface area contributed by atoms with Gasteiger partial charge in [-0.3, -0.25) is 0 Å². The zero-order valence-corrected chi connectivity index (χ0v) is 10.1. The van der Waals surface area contributed by atoms with Gasteiger partial charge >= 0.3 is 0 Å². The van der Waals surface area contributed by atoms with Gasteiger partial charge in [-0.1, -0.05) is 28.1 Å². The summed E-state index contributed by atoms with van der Waals surface area (Å²) in [6.07, 6.45) is 3.59. The van der Waals surface area contributed by atoms with Gasteiger partial charge in [-0.2, -0.15) is 0 Å². The van der Waals surface area contributed by atoms with Crippen LogP contribution in [0.3, 0.4) is 0 Å².